The van der Waals surface area contributed by atoms with Gasteiger partial charge in [0.2, 0.25) is 0 Å². The van der Waals surface area contributed by atoms with Gasteiger partial charge in [0, 0.05) is 0 Å². The summed E-state index contributed by atoms with van der Waals surface area (Å²) in [5.74, 6) is 9.31. The third kappa shape index (κ3) is 2.96. The van der Waals surface area contributed by atoms with Gasteiger partial charge >= 0.3 is 0 Å². The molecule has 29 heavy (non-hydrogen) atoms. The molecule has 1 spiro atoms. The van der Waals surface area contributed by atoms with Crippen LogP contribution in [0.25, 0.3) is 0 Å². The van der Waals surface area contributed by atoms with Crippen LogP contribution >= 0.6 is 0 Å². The van der Waals surface area contributed by atoms with Gasteiger partial charge in [-0.3, -0.25) is 0 Å². The lowest BCUT2D eigenvalue weighted by atomic mass is 9.44. The van der Waals surface area contributed by atoms with Gasteiger partial charge < -0.3 is 0 Å². The molecular formula is C29H48. The van der Waals surface area contributed by atoms with Gasteiger partial charge in [-0.2, -0.15) is 0 Å². The lowest BCUT2D eigenvalue weighted by Crippen LogP contribution is -2.54. The van der Waals surface area contributed by atoms with Crippen molar-refractivity contribution in [2.24, 2.45) is 64.1 Å². The Morgan fingerprint density at radius 1 is 1.07 bits per heavy atom. The van der Waals surface area contributed by atoms with Crippen molar-refractivity contribution in [3.63, 3.8) is 0 Å². The highest BCUT2D eigenvalue weighted by Crippen LogP contribution is 2.80. The van der Waals surface area contributed by atoms with Crippen LogP contribution in [0.4, 0.5) is 0 Å². The third-order valence-electron chi connectivity index (χ3n) is 11.9. The molecule has 164 valence electrons. The largest absolute Gasteiger partial charge is 0.100 e. The molecule has 0 aliphatic heterocycles. The molecule has 5 aliphatic rings. The van der Waals surface area contributed by atoms with Crippen molar-refractivity contribution in [2.45, 2.75) is 105 Å². The van der Waals surface area contributed by atoms with E-state index in [4.69, 9.17) is 0 Å². The molecule has 0 heterocycles. The maximum atomic E-state index is 4.18. The van der Waals surface area contributed by atoms with Crippen LogP contribution in [0.15, 0.2) is 12.2 Å². The fourth-order valence-corrected chi connectivity index (χ4v) is 10.4. The second-order valence-electron chi connectivity index (χ2n) is 13.2. The average Bonchev–Trinajstić information content (AvgIpc) is 3.29. The van der Waals surface area contributed by atoms with Crippen molar-refractivity contribution < 1.29 is 0 Å². The van der Waals surface area contributed by atoms with Crippen LogP contribution in [0.3, 0.4) is 0 Å². The summed E-state index contributed by atoms with van der Waals surface area (Å²) in [5, 5.41) is 0. The quantitative estimate of drug-likeness (QED) is 0.408. The summed E-state index contributed by atoms with van der Waals surface area (Å²) in [6, 6.07) is 0. The van der Waals surface area contributed by atoms with Gasteiger partial charge in [-0.15, -0.1) is 6.58 Å². The normalized spacial score (nSPS) is 54.0. The Morgan fingerprint density at radius 3 is 2.59 bits per heavy atom. The van der Waals surface area contributed by atoms with Gasteiger partial charge in [0.1, 0.15) is 0 Å². The van der Waals surface area contributed by atoms with Crippen LogP contribution in [-0.2, 0) is 0 Å². The van der Waals surface area contributed by atoms with Crippen LogP contribution in [0.2, 0.25) is 0 Å². The number of rotatable bonds is 5. The third-order valence-corrected chi connectivity index (χ3v) is 11.9. The maximum absolute atomic E-state index is 4.18. The maximum Gasteiger partial charge on any atom is -0.0204 e. The fourth-order valence-electron chi connectivity index (χ4n) is 10.4. The SMILES string of the molecule is C=C(C)CCC(C)C1CCC2C3C(C)CC4CC(CC)CCC4(C)C3CC3CC312. The summed E-state index contributed by atoms with van der Waals surface area (Å²) in [6.45, 7) is 16.9. The zero-order chi connectivity index (χ0) is 20.6. The molecule has 0 N–H and O–H groups in total. The van der Waals surface area contributed by atoms with Crippen LogP contribution in [0.5, 0.6) is 0 Å². The molecule has 5 saturated carbocycles. The minimum absolute atomic E-state index is 0.682. The topological polar surface area (TPSA) is 0 Å². The van der Waals surface area contributed by atoms with E-state index in [1.807, 2.05) is 0 Å². The van der Waals surface area contributed by atoms with E-state index in [0.717, 1.165) is 58.7 Å². The van der Waals surface area contributed by atoms with Crippen molar-refractivity contribution in [1.82, 2.24) is 0 Å². The van der Waals surface area contributed by atoms with E-state index in [-0.39, 0.29) is 0 Å². The summed E-state index contributed by atoms with van der Waals surface area (Å²) in [5.41, 5.74) is 2.86. The molecule has 0 bridgehead atoms. The summed E-state index contributed by atoms with van der Waals surface area (Å²) in [6.07, 6.45) is 16.6. The molecule has 0 radical (unpaired) electrons. The van der Waals surface area contributed by atoms with Crippen molar-refractivity contribution in [2.75, 3.05) is 0 Å². The van der Waals surface area contributed by atoms with Gasteiger partial charge in [-0.05, 0) is 135 Å². The van der Waals surface area contributed by atoms with Crippen molar-refractivity contribution in [3.05, 3.63) is 12.2 Å². The molecule has 0 amide bonds. The van der Waals surface area contributed by atoms with Gasteiger partial charge in [0.15, 0.2) is 0 Å². The van der Waals surface area contributed by atoms with E-state index in [1.165, 1.54) is 31.3 Å². The molecule has 0 saturated heterocycles. The van der Waals surface area contributed by atoms with E-state index < -0.39 is 0 Å². The first-order chi connectivity index (χ1) is 13.8. The smallest absolute Gasteiger partial charge is 0.0204 e. The molecule has 0 heteroatoms. The van der Waals surface area contributed by atoms with E-state index >= 15 is 0 Å². The van der Waals surface area contributed by atoms with Crippen LogP contribution in [0.1, 0.15) is 105 Å². The van der Waals surface area contributed by atoms with Crippen molar-refractivity contribution in [3.8, 4) is 0 Å². The molecular weight excluding hydrogens is 348 g/mol. The van der Waals surface area contributed by atoms with E-state index in [1.54, 1.807) is 44.9 Å². The van der Waals surface area contributed by atoms with Crippen molar-refractivity contribution >= 4 is 0 Å². The minimum Gasteiger partial charge on any atom is -0.100 e. The molecule has 11 atom stereocenters. The molecule has 11 unspecified atom stereocenters. The van der Waals surface area contributed by atoms with Gasteiger partial charge in [-0.25, -0.2) is 0 Å². The standard InChI is InChI=1S/C29H48/c1-7-21-12-13-28(6)22(15-21)14-20(5)27-25-11-10-24(19(4)9-8-18(2)3)29(25)17-23(29)16-26(27)28/h19-27H,2,7-17H2,1,3-6H3. The summed E-state index contributed by atoms with van der Waals surface area (Å²) < 4.78 is 0. The van der Waals surface area contributed by atoms with Gasteiger partial charge in [0.05, 0.1) is 0 Å². The Morgan fingerprint density at radius 2 is 1.86 bits per heavy atom. The zero-order valence-electron chi connectivity index (χ0n) is 20.2. The van der Waals surface area contributed by atoms with Crippen molar-refractivity contribution in [1.29, 1.82) is 0 Å². The van der Waals surface area contributed by atoms with Crippen LogP contribution in [0, 0.1) is 64.1 Å². The zero-order valence-corrected chi connectivity index (χ0v) is 20.2. The Bertz CT molecular complexity index is 646. The predicted octanol–water partition coefficient (Wildman–Crippen LogP) is 8.52. The number of allylic oxidation sites excluding steroid dienone is 1. The number of hydrogen-bond donors (Lipinski definition) is 0. The van der Waals surface area contributed by atoms with Crippen LogP contribution < -0.4 is 0 Å². The molecule has 0 aromatic rings. The highest BCUT2D eigenvalue weighted by atomic mass is 14.8. The Hall–Kier alpha value is -0.260. The Labute approximate surface area is 181 Å². The van der Waals surface area contributed by atoms with E-state index in [2.05, 4.69) is 41.2 Å². The molecule has 0 nitrogen and oxygen atoms in total. The first-order valence-corrected chi connectivity index (χ1v) is 13.5. The molecule has 0 aromatic heterocycles. The highest BCUT2D eigenvalue weighted by Gasteiger charge is 2.73. The summed E-state index contributed by atoms with van der Waals surface area (Å²) in [4.78, 5) is 0. The number of hydrogen-bond acceptors (Lipinski definition) is 0. The summed E-state index contributed by atoms with van der Waals surface area (Å²) in [7, 11) is 0. The Kier molecular flexibility index (Phi) is 5.07. The van der Waals surface area contributed by atoms with E-state index in [9.17, 15) is 0 Å². The average molecular weight is 397 g/mol. The molecule has 5 aliphatic carbocycles. The predicted molar refractivity (Wildman–Crippen MR) is 125 cm³/mol. The monoisotopic (exact) mass is 396 g/mol. The fraction of sp³-hybridized carbons (Fsp3) is 0.931. The summed E-state index contributed by atoms with van der Waals surface area (Å²) >= 11 is 0. The minimum atomic E-state index is 0.682. The lowest BCUT2D eigenvalue weighted by molar-refractivity contribution is -0.125. The highest BCUT2D eigenvalue weighted by molar-refractivity contribution is 5.21. The molecule has 5 fully saturated rings. The molecule has 5 rings (SSSR count). The second-order valence-corrected chi connectivity index (χ2v) is 13.2. The number of fused-ring (bicyclic) bond motifs is 4. The van der Waals surface area contributed by atoms with Crippen LogP contribution in [-0.4, -0.2) is 0 Å². The van der Waals surface area contributed by atoms with Gasteiger partial charge in [0.25, 0.3) is 0 Å². The van der Waals surface area contributed by atoms with Gasteiger partial charge in [-0.1, -0.05) is 39.7 Å². The van der Waals surface area contributed by atoms with E-state index in [0.29, 0.717) is 5.41 Å². The lowest BCUT2D eigenvalue weighted by Gasteiger charge is -2.61. The second kappa shape index (κ2) is 7.13. The first-order valence-electron chi connectivity index (χ1n) is 13.5. The first kappa shape index (κ1) is 20.6. The Balaban J connectivity index is 1.38. The molecule has 0 aromatic carbocycles.